The highest BCUT2D eigenvalue weighted by Crippen LogP contribution is 2.34. The van der Waals surface area contributed by atoms with Gasteiger partial charge in [0.15, 0.2) is 0 Å². The van der Waals surface area contributed by atoms with Crippen LogP contribution < -0.4 is 0 Å². The molecule has 1 saturated heterocycles. The van der Waals surface area contributed by atoms with Crippen LogP contribution in [0.4, 0.5) is 18.0 Å². The van der Waals surface area contributed by atoms with E-state index in [4.69, 9.17) is 18.9 Å². The molecule has 0 bridgehead atoms. The fourth-order valence-corrected chi connectivity index (χ4v) is 2.78. The van der Waals surface area contributed by atoms with Crippen molar-refractivity contribution in [3.63, 3.8) is 0 Å². The van der Waals surface area contributed by atoms with Gasteiger partial charge in [0, 0.05) is 13.0 Å². The Labute approximate surface area is 163 Å². The molecule has 1 atom stereocenters. The van der Waals surface area contributed by atoms with Gasteiger partial charge in [0.2, 0.25) is 5.79 Å². The molecule has 1 heterocycles. The maximum atomic E-state index is 12.7. The van der Waals surface area contributed by atoms with Crippen molar-refractivity contribution >= 4 is 6.16 Å². The summed E-state index contributed by atoms with van der Waals surface area (Å²) in [5.74, 6) is -0.798. The van der Waals surface area contributed by atoms with Crippen LogP contribution in [0.5, 0.6) is 0 Å². The van der Waals surface area contributed by atoms with Gasteiger partial charge in [-0.2, -0.15) is 13.2 Å². The fourth-order valence-electron chi connectivity index (χ4n) is 2.78. The molecule has 2 rings (SSSR count). The molecule has 1 aliphatic rings. The Morgan fingerprint density at radius 1 is 1.18 bits per heavy atom. The van der Waals surface area contributed by atoms with Crippen LogP contribution in [-0.4, -0.2) is 38.4 Å². The second-order valence-electron chi connectivity index (χ2n) is 6.71. The number of carbonyl (C=O) groups is 1. The maximum absolute atomic E-state index is 12.7. The molecular weight excluding hydrogens is 377 g/mol. The van der Waals surface area contributed by atoms with Crippen molar-refractivity contribution in [1.29, 1.82) is 0 Å². The van der Waals surface area contributed by atoms with Gasteiger partial charge in [-0.15, -0.1) is 0 Å². The number of alkyl halides is 3. The van der Waals surface area contributed by atoms with E-state index >= 15 is 0 Å². The van der Waals surface area contributed by atoms with Crippen molar-refractivity contribution in [2.75, 3.05) is 26.4 Å². The summed E-state index contributed by atoms with van der Waals surface area (Å²) in [6.45, 7) is 3.35. The Bertz CT molecular complexity index is 614. The summed E-state index contributed by atoms with van der Waals surface area (Å²) in [6, 6.07) is 5.32. The van der Waals surface area contributed by atoms with Gasteiger partial charge in [0.05, 0.1) is 18.8 Å². The summed E-state index contributed by atoms with van der Waals surface area (Å²) in [4.78, 5) is 11.3. The third-order valence-electron chi connectivity index (χ3n) is 4.38. The molecule has 0 amide bonds. The van der Waals surface area contributed by atoms with Crippen LogP contribution in [0.1, 0.15) is 50.2 Å². The van der Waals surface area contributed by atoms with Gasteiger partial charge in [-0.1, -0.05) is 31.0 Å². The van der Waals surface area contributed by atoms with Crippen molar-refractivity contribution in [2.45, 2.75) is 57.4 Å². The zero-order valence-corrected chi connectivity index (χ0v) is 16.1. The van der Waals surface area contributed by atoms with Gasteiger partial charge in [0.25, 0.3) is 0 Å². The third kappa shape index (κ3) is 8.06. The minimum Gasteiger partial charge on any atom is -0.435 e. The molecule has 0 aliphatic carbocycles. The quantitative estimate of drug-likeness (QED) is 0.275. The number of hydrogen-bond acceptors (Lipinski definition) is 5. The fraction of sp³-hybridized carbons (Fsp3) is 0.650. The number of benzene rings is 1. The van der Waals surface area contributed by atoms with Gasteiger partial charge < -0.3 is 18.9 Å². The Hall–Kier alpha value is -1.80. The highest BCUT2D eigenvalue weighted by Gasteiger charge is 2.49. The van der Waals surface area contributed by atoms with Crippen LogP contribution in [0.15, 0.2) is 24.3 Å². The molecule has 1 fully saturated rings. The predicted octanol–water partition coefficient (Wildman–Crippen LogP) is 5.11. The van der Waals surface area contributed by atoms with Crippen molar-refractivity contribution in [1.82, 2.24) is 0 Å². The summed E-state index contributed by atoms with van der Waals surface area (Å²) < 4.78 is 58.6. The molecule has 8 heteroatoms. The summed E-state index contributed by atoms with van der Waals surface area (Å²) in [5, 5.41) is 0. The smallest absolute Gasteiger partial charge is 0.435 e. The number of unbranched alkanes of at least 4 members (excludes halogenated alkanes) is 3. The van der Waals surface area contributed by atoms with Gasteiger partial charge >= 0.3 is 12.3 Å². The van der Waals surface area contributed by atoms with E-state index < -0.39 is 23.7 Å². The first kappa shape index (κ1) is 22.5. The summed E-state index contributed by atoms with van der Waals surface area (Å²) in [5.41, 5.74) is -0.0134. The molecule has 1 unspecified atom stereocenters. The molecule has 0 spiro atoms. The molecule has 0 N–H and O–H groups in total. The van der Waals surface area contributed by atoms with E-state index in [1.165, 1.54) is 6.07 Å². The lowest BCUT2D eigenvalue weighted by atomic mass is 10.1. The van der Waals surface area contributed by atoms with E-state index in [0.29, 0.717) is 38.2 Å². The zero-order chi connectivity index (χ0) is 20.5. The van der Waals surface area contributed by atoms with E-state index in [2.05, 4.69) is 0 Å². The van der Waals surface area contributed by atoms with Gasteiger partial charge in [-0.3, -0.25) is 0 Å². The molecule has 28 heavy (non-hydrogen) atoms. The van der Waals surface area contributed by atoms with E-state index in [1.54, 1.807) is 13.0 Å². The SMILES string of the molecule is CCOC(=O)OC1(CCCCCCOCCc2cccc(C(F)(F)F)c2)CO1. The lowest BCUT2D eigenvalue weighted by Gasteiger charge is -2.12. The molecule has 1 aromatic rings. The Morgan fingerprint density at radius 3 is 2.61 bits per heavy atom. The van der Waals surface area contributed by atoms with Crippen molar-refractivity contribution in [3.8, 4) is 0 Å². The van der Waals surface area contributed by atoms with Crippen molar-refractivity contribution in [3.05, 3.63) is 35.4 Å². The monoisotopic (exact) mass is 404 g/mol. The largest absolute Gasteiger partial charge is 0.510 e. The normalized spacial score (nSPS) is 18.7. The van der Waals surface area contributed by atoms with Crippen LogP contribution in [0.2, 0.25) is 0 Å². The Kier molecular flexibility index (Phi) is 8.57. The Balaban J connectivity index is 1.49. The number of epoxide rings is 1. The van der Waals surface area contributed by atoms with E-state index in [-0.39, 0.29) is 6.61 Å². The molecule has 1 aliphatic heterocycles. The lowest BCUT2D eigenvalue weighted by Crippen LogP contribution is -2.22. The predicted molar refractivity (Wildman–Crippen MR) is 95.8 cm³/mol. The minimum absolute atomic E-state index is 0.267. The second-order valence-corrected chi connectivity index (χ2v) is 6.71. The van der Waals surface area contributed by atoms with Crippen molar-refractivity contribution < 1.29 is 36.9 Å². The highest BCUT2D eigenvalue weighted by atomic mass is 19.4. The average molecular weight is 404 g/mol. The summed E-state index contributed by atoms with van der Waals surface area (Å²) in [6.07, 6.45) is -0.278. The van der Waals surface area contributed by atoms with Crippen LogP contribution in [0, 0.1) is 0 Å². The minimum atomic E-state index is -4.32. The average Bonchev–Trinajstić information content (AvgIpc) is 3.39. The highest BCUT2D eigenvalue weighted by molar-refractivity contribution is 5.60. The summed E-state index contributed by atoms with van der Waals surface area (Å²) >= 11 is 0. The van der Waals surface area contributed by atoms with E-state index in [0.717, 1.165) is 37.8 Å². The molecule has 0 saturated carbocycles. The first-order chi connectivity index (χ1) is 13.3. The Morgan fingerprint density at radius 2 is 1.93 bits per heavy atom. The van der Waals surface area contributed by atoms with Crippen LogP contribution in [0.3, 0.4) is 0 Å². The molecule has 1 aromatic carbocycles. The zero-order valence-electron chi connectivity index (χ0n) is 16.1. The molecule has 0 radical (unpaired) electrons. The van der Waals surface area contributed by atoms with Crippen LogP contribution >= 0.6 is 0 Å². The molecule has 158 valence electrons. The topological polar surface area (TPSA) is 57.3 Å². The molecule has 5 nitrogen and oxygen atoms in total. The number of carbonyl (C=O) groups excluding carboxylic acids is 1. The summed E-state index contributed by atoms with van der Waals surface area (Å²) in [7, 11) is 0. The van der Waals surface area contributed by atoms with Crippen molar-refractivity contribution in [2.24, 2.45) is 0 Å². The number of ether oxygens (including phenoxy) is 4. The van der Waals surface area contributed by atoms with E-state index in [9.17, 15) is 18.0 Å². The maximum Gasteiger partial charge on any atom is 0.510 e. The number of halogens is 3. The van der Waals surface area contributed by atoms with Crippen LogP contribution in [-0.2, 0) is 31.5 Å². The standard InChI is InChI=1S/C20H27F3O5/c1-2-26-18(24)28-19(15-27-19)11-5-3-4-6-12-25-13-10-16-8-7-9-17(14-16)20(21,22)23/h7-9,14H,2-6,10-13,15H2,1H3. The molecular formula is C20H27F3O5. The first-order valence-corrected chi connectivity index (χ1v) is 9.58. The van der Waals surface area contributed by atoms with E-state index in [1.807, 2.05) is 0 Å². The number of hydrogen-bond donors (Lipinski definition) is 0. The first-order valence-electron chi connectivity index (χ1n) is 9.58. The molecule has 0 aromatic heterocycles. The van der Waals surface area contributed by atoms with Crippen LogP contribution in [0.25, 0.3) is 0 Å². The van der Waals surface area contributed by atoms with Gasteiger partial charge in [-0.05, 0) is 37.8 Å². The lowest BCUT2D eigenvalue weighted by molar-refractivity contribution is -0.137. The second kappa shape index (κ2) is 10.7. The third-order valence-corrected chi connectivity index (χ3v) is 4.38. The van der Waals surface area contributed by atoms with Gasteiger partial charge in [-0.25, -0.2) is 4.79 Å². The van der Waals surface area contributed by atoms with Gasteiger partial charge in [0.1, 0.15) is 6.61 Å². The number of rotatable bonds is 12.